The van der Waals surface area contributed by atoms with Crippen LogP contribution in [0.4, 0.5) is 0 Å². The van der Waals surface area contributed by atoms with Crippen LogP contribution in [0.15, 0.2) is 6.07 Å². The Hall–Kier alpha value is -0.870. The predicted molar refractivity (Wildman–Crippen MR) is 42.7 cm³/mol. The van der Waals surface area contributed by atoms with Crippen LogP contribution in [0.3, 0.4) is 0 Å². The van der Waals surface area contributed by atoms with Gasteiger partial charge in [-0.05, 0) is 12.5 Å². The fraction of sp³-hybridized carbons (Fsp3) is 0.625. The van der Waals surface area contributed by atoms with Crippen molar-refractivity contribution in [3.8, 4) is 0 Å². The highest BCUT2D eigenvalue weighted by molar-refractivity contribution is 5.13. The highest BCUT2D eigenvalue weighted by atomic mass is 16.5. The minimum absolute atomic E-state index is 0.0284. The van der Waals surface area contributed by atoms with Crippen molar-refractivity contribution in [2.24, 2.45) is 0 Å². The molecule has 0 bridgehead atoms. The summed E-state index contributed by atoms with van der Waals surface area (Å²) in [4.78, 5) is 0. The lowest BCUT2D eigenvalue weighted by atomic mass is 10.1. The largest absolute Gasteiger partial charge is 0.390 e. The third-order valence-electron chi connectivity index (χ3n) is 2.17. The van der Waals surface area contributed by atoms with Gasteiger partial charge in [-0.3, -0.25) is 5.10 Å². The molecule has 1 aliphatic rings. The smallest absolute Gasteiger partial charge is 0.0847 e. The minimum atomic E-state index is 0.0284. The van der Waals surface area contributed by atoms with Crippen LogP contribution in [-0.4, -0.2) is 28.5 Å². The summed E-state index contributed by atoms with van der Waals surface area (Å²) in [5.41, 5.74) is 1.79. The zero-order chi connectivity index (χ0) is 8.39. The van der Waals surface area contributed by atoms with Crippen molar-refractivity contribution in [1.29, 1.82) is 0 Å². The number of H-pyrrole nitrogens is 1. The molecule has 1 atom stereocenters. The maximum absolute atomic E-state index is 8.79. The highest BCUT2D eigenvalue weighted by Crippen LogP contribution is 2.23. The van der Waals surface area contributed by atoms with Crippen LogP contribution in [0.1, 0.15) is 23.7 Å². The van der Waals surface area contributed by atoms with Gasteiger partial charge in [0.15, 0.2) is 0 Å². The van der Waals surface area contributed by atoms with Crippen molar-refractivity contribution >= 4 is 0 Å². The molecular weight excluding hydrogens is 156 g/mol. The van der Waals surface area contributed by atoms with Gasteiger partial charge in [0.25, 0.3) is 0 Å². The first-order valence-corrected chi connectivity index (χ1v) is 4.13. The Kier molecular flexibility index (Phi) is 2.10. The number of nitrogens with zero attached hydrogens (tertiary/aromatic N) is 1. The molecule has 0 aliphatic carbocycles. The molecule has 0 saturated carbocycles. The number of hydrogen-bond acceptors (Lipinski definition) is 3. The number of aliphatic hydroxyl groups is 1. The molecule has 1 fully saturated rings. The molecular formula is C8H12N2O2. The monoisotopic (exact) mass is 168 g/mol. The van der Waals surface area contributed by atoms with E-state index in [0.717, 1.165) is 31.0 Å². The Morgan fingerprint density at radius 2 is 2.67 bits per heavy atom. The lowest BCUT2D eigenvalue weighted by Gasteiger charge is -1.99. The van der Waals surface area contributed by atoms with E-state index in [1.807, 2.05) is 6.07 Å². The molecule has 1 aromatic heterocycles. The molecule has 0 spiro atoms. The molecule has 2 heterocycles. The van der Waals surface area contributed by atoms with Crippen molar-refractivity contribution in [3.63, 3.8) is 0 Å². The summed E-state index contributed by atoms with van der Waals surface area (Å²) in [6, 6.07) is 1.90. The zero-order valence-electron chi connectivity index (χ0n) is 6.79. The van der Waals surface area contributed by atoms with Crippen molar-refractivity contribution < 1.29 is 9.84 Å². The second-order valence-electron chi connectivity index (χ2n) is 3.04. The fourth-order valence-electron chi connectivity index (χ4n) is 1.44. The van der Waals surface area contributed by atoms with Gasteiger partial charge in [0.2, 0.25) is 0 Å². The Labute approximate surface area is 70.6 Å². The van der Waals surface area contributed by atoms with Crippen LogP contribution >= 0.6 is 0 Å². The zero-order valence-corrected chi connectivity index (χ0v) is 6.79. The topological polar surface area (TPSA) is 58.1 Å². The third kappa shape index (κ3) is 1.35. The second-order valence-corrected chi connectivity index (χ2v) is 3.04. The minimum Gasteiger partial charge on any atom is -0.390 e. The van der Waals surface area contributed by atoms with Gasteiger partial charge in [0.05, 0.1) is 24.6 Å². The van der Waals surface area contributed by atoms with Crippen LogP contribution in [0.5, 0.6) is 0 Å². The molecule has 1 saturated heterocycles. The van der Waals surface area contributed by atoms with Crippen molar-refractivity contribution in [1.82, 2.24) is 10.2 Å². The van der Waals surface area contributed by atoms with E-state index in [0.29, 0.717) is 5.92 Å². The molecule has 12 heavy (non-hydrogen) atoms. The Morgan fingerprint density at radius 3 is 3.25 bits per heavy atom. The van der Waals surface area contributed by atoms with Gasteiger partial charge in [-0.15, -0.1) is 0 Å². The van der Waals surface area contributed by atoms with E-state index in [-0.39, 0.29) is 6.61 Å². The molecule has 2 rings (SSSR count). The Bertz CT molecular complexity index is 253. The average Bonchev–Trinajstić information content (AvgIpc) is 2.75. The first-order chi connectivity index (χ1) is 5.90. The van der Waals surface area contributed by atoms with Gasteiger partial charge in [0.1, 0.15) is 0 Å². The second kappa shape index (κ2) is 3.25. The summed E-state index contributed by atoms with van der Waals surface area (Å²) in [7, 11) is 0. The first kappa shape index (κ1) is 7.76. The molecule has 4 nitrogen and oxygen atoms in total. The molecule has 1 aromatic rings. The van der Waals surface area contributed by atoms with Crippen LogP contribution < -0.4 is 0 Å². The number of rotatable bonds is 2. The van der Waals surface area contributed by atoms with Crippen LogP contribution in [-0.2, 0) is 11.3 Å². The fourth-order valence-corrected chi connectivity index (χ4v) is 1.44. The van der Waals surface area contributed by atoms with E-state index < -0.39 is 0 Å². The van der Waals surface area contributed by atoms with Crippen molar-refractivity contribution in [2.45, 2.75) is 18.9 Å². The summed E-state index contributed by atoms with van der Waals surface area (Å²) in [5.74, 6) is 0.418. The molecule has 66 valence electrons. The number of hydrogen-bond donors (Lipinski definition) is 2. The molecule has 1 aliphatic heterocycles. The standard InChI is InChI=1S/C8H12N2O2/c11-4-7-3-8(10-9-7)6-1-2-12-5-6/h3,6,11H,1-2,4-5H2,(H,9,10). The summed E-state index contributed by atoms with van der Waals surface area (Å²) in [5, 5.41) is 15.7. The maximum Gasteiger partial charge on any atom is 0.0847 e. The van der Waals surface area contributed by atoms with Gasteiger partial charge >= 0.3 is 0 Å². The number of aliphatic hydroxyl groups excluding tert-OH is 1. The molecule has 0 amide bonds. The van der Waals surface area contributed by atoms with Crippen molar-refractivity contribution in [3.05, 3.63) is 17.5 Å². The van der Waals surface area contributed by atoms with Gasteiger partial charge in [-0.2, -0.15) is 5.10 Å². The summed E-state index contributed by atoms with van der Waals surface area (Å²) >= 11 is 0. The molecule has 0 radical (unpaired) electrons. The van der Waals surface area contributed by atoms with Crippen LogP contribution in [0.25, 0.3) is 0 Å². The predicted octanol–water partition coefficient (Wildman–Crippen LogP) is 0.406. The first-order valence-electron chi connectivity index (χ1n) is 4.13. The van der Waals surface area contributed by atoms with Gasteiger partial charge in [-0.25, -0.2) is 0 Å². The number of aromatic nitrogens is 2. The Morgan fingerprint density at radius 1 is 1.75 bits per heavy atom. The SMILES string of the molecule is OCc1cc(C2CCOC2)n[nH]1. The van der Waals surface area contributed by atoms with Crippen LogP contribution in [0, 0.1) is 0 Å². The quantitative estimate of drug-likeness (QED) is 0.672. The van der Waals surface area contributed by atoms with E-state index in [9.17, 15) is 0 Å². The lowest BCUT2D eigenvalue weighted by molar-refractivity contribution is 0.193. The number of ether oxygens (including phenoxy) is 1. The van der Waals surface area contributed by atoms with E-state index in [4.69, 9.17) is 9.84 Å². The molecule has 2 N–H and O–H groups in total. The van der Waals surface area contributed by atoms with Gasteiger partial charge in [0, 0.05) is 12.5 Å². The van der Waals surface area contributed by atoms with Crippen LogP contribution in [0.2, 0.25) is 0 Å². The molecule has 0 aromatic carbocycles. The molecule has 1 unspecified atom stereocenters. The van der Waals surface area contributed by atoms with Gasteiger partial charge in [-0.1, -0.05) is 0 Å². The summed E-state index contributed by atoms with van der Waals surface area (Å²) in [6.45, 7) is 1.61. The lowest BCUT2D eigenvalue weighted by Crippen LogP contribution is -1.97. The number of nitrogens with one attached hydrogen (secondary N) is 1. The normalized spacial score (nSPS) is 23.2. The summed E-state index contributed by atoms with van der Waals surface area (Å²) < 4.78 is 5.24. The van der Waals surface area contributed by atoms with E-state index in [1.54, 1.807) is 0 Å². The Balaban J connectivity index is 2.11. The maximum atomic E-state index is 8.79. The van der Waals surface area contributed by atoms with E-state index in [2.05, 4.69) is 10.2 Å². The third-order valence-corrected chi connectivity index (χ3v) is 2.17. The van der Waals surface area contributed by atoms with Gasteiger partial charge < -0.3 is 9.84 Å². The number of aromatic amines is 1. The molecule has 4 heteroatoms. The van der Waals surface area contributed by atoms with E-state index >= 15 is 0 Å². The summed E-state index contributed by atoms with van der Waals surface area (Å²) in [6.07, 6.45) is 1.04. The highest BCUT2D eigenvalue weighted by Gasteiger charge is 2.19. The average molecular weight is 168 g/mol. The van der Waals surface area contributed by atoms with E-state index in [1.165, 1.54) is 0 Å². The van der Waals surface area contributed by atoms with Crippen molar-refractivity contribution in [2.75, 3.05) is 13.2 Å².